The van der Waals surface area contributed by atoms with Crippen LogP contribution in [-0.2, 0) is 0 Å². The maximum atomic E-state index is 13.5. The maximum Gasteiger partial charge on any atom is 0.258 e. The number of nitrogens with zero attached hydrogens (tertiary/aromatic N) is 3. The van der Waals surface area contributed by atoms with Crippen LogP contribution in [0.5, 0.6) is 5.75 Å². The molecule has 3 aromatic carbocycles. The van der Waals surface area contributed by atoms with E-state index in [-0.39, 0.29) is 39.7 Å². The average Bonchev–Trinajstić information content (AvgIpc) is 3.00. The summed E-state index contributed by atoms with van der Waals surface area (Å²) in [4.78, 5) is 33.1. The number of benzene rings is 3. The molecule has 1 aliphatic heterocycles. The van der Waals surface area contributed by atoms with E-state index in [2.05, 4.69) is 16.4 Å². The normalized spacial score (nSPS) is 14.8. The lowest BCUT2D eigenvalue weighted by Gasteiger charge is -2.35. The van der Waals surface area contributed by atoms with Gasteiger partial charge < -0.3 is 21.1 Å². The Hall–Kier alpha value is -4.71. The van der Waals surface area contributed by atoms with Crippen molar-refractivity contribution in [2.24, 2.45) is 5.73 Å². The van der Waals surface area contributed by atoms with Crippen LogP contribution in [0.25, 0.3) is 22.4 Å². The molecule has 4 aromatic rings. The molecule has 8 nitrogen and oxygen atoms in total. The third kappa shape index (κ3) is 5.78. The Morgan fingerprint density at radius 3 is 2.59 bits per heavy atom. The van der Waals surface area contributed by atoms with Crippen molar-refractivity contribution < 1.29 is 14.7 Å². The van der Waals surface area contributed by atoms with Crippen LogP contribution >= 0.6 is 11.6 Å². The lowest BCUT2D eigenvalue weighted by molar-refractivity contribution is 0.0623. The lowest BCUT2D eigenvalue weighted by Crippen LogP contribution is -2.47. The van der Waals surface area contributed by atoms with E-state index in [9.17, 15) is 20.0 Å². The van der Waals surface area contributed by atoms with Gasteiger partial charge in [-0.15, -0.1) is 0 Å². The van der Waals surface area contributed by atoms with Gasteiger partial charge in [0.25, 0.3) is 11.8 Å². The minimum absolute atomic E-state index is 0.00382. The number of hydrogen-bond donors (Lipinski definition) is 3. The average molecular weight is 566 g/mol. The molecule has 206 valence electrons. The summed E-state index contributed by atoms with van der Waals surface area (Å²) in [6.45, 7) is 1.03. The largest absolute Gasteiger partial charge is 0.507 e. The monoisotopic (exact) mass is 565 g/mol. The molecule has 1 saturated heterocycles. The number of nitrogens with one attached hydrogen (secondary N) is 1. The predicted molar refractivity (Wildman–Crippen MR) is 159 cm³/mol. The van der Waals surface area contributed by atoms with Gasteiger partial charge in [0.15, 0.2) is 5.82 Å². The molecule has 2 amide bonds. The third-order valence-electron chi connectivity index (χ3n) is 7.24. The summed E-state index contributed by atoms with van der Waals surface area (Å²) in [5.74, 6) is -0.672. The van der Waals surface area contributed by atoms with Crippen molar-refractivity contribution in [2.45, 2.75) is 25.3 Å². The molecule has 9 heteroatoms. The Morgan fingerprint density at radius 2 is 1.83 bits per heavy atom. The zero-order chi connectivity index (χ0) is 28.9. The number of nitrogens with two attached hydrogens (primary N) is 1. The highest BCUT2D eigenvalue weighted by atomic mass is 35.5. The van der Waals surface area contributed by atoms with E-state index in [0.29, 0.717) is 41.0 Å². The van der Waals surface area contributed by atoms with E-state index in [1.165, 1.54) is 6.07 Å². The highest BCUT2D eigenvalue weighted by molar-refractivity contribution is 6.34. The fourth-order valence-electron chi connectivity index (χ4n) is 5.12. The zero-order valence-electron chi connectivity index (χ0n) is 22.2. The van der Waals surface area contributed by atoms with Crippen molar-refractivity contribution in [2.75, 3.05) is 18.4 Å². The van der Waals surface area contributed by atoms with Gasteiger partial charge in [-0.3, -0.25) is 9.59 Å². The number of nitriles is 1. The minimum atomic E-state index is -0.540. The Morgan fingerprint density at radius 1 is 1.05 bits per heavy atom. The maximum absolute atomic E-state index is 13.5. The molecule has 41 heavy (non-hydrogen) atoms. The highest BCUT2D eigenvalue weighted by Crippen LogP contribution is 2.36. The molecule has 4 N–H and O–H groups in total. The second kappa shape index (κ2) is 12.2. The molecule has 5 rings (SSSR count). The number of para-hydroxylation sites is 1. The molecular weight excluding hydrogens is 538 g/mol. The molecule has 1 aromatic heterocycles. The SMILES string of the molecule is N#Cc1c(-c2cccc(C(=O)N3CCCCC3CN)c2)cc(-c2ccccc2O)nc1NC(=O)c1ccccc1Cl. The Labute approximate surface area is 243 Å². The number of phenols is 1. The number of halogens is 1. The van der Waals surface area contributed by atoms with Gasteiger partial charge in [0, 0.05) is 35.8 Å². The van der Waals surface area contributed by atoms with Gasteiger partial charge in [-0.05, 0) is 67.3 Å². The Bertz CT molecular complexity index is 1670. The number of anilines is 1. The topological polar surface area (TPSA) is 132 Å². The quantitative estimate of drug-likeness (QED) is 0.268. The lowest BCUT2D eigenvalue weighted by atomic mass is 9.95. The van der Waals surface area contributed by atoms with E-state index in [1.807, 2.05) is 4.90 Å². The van der Waals surface area contributed by atoms with Crippen molar-refractivity contribution in [3.8, 4) is 34.2 Å². The van der Waals surface area contributed by atoms with Gasteiger partial charge in [-0.25, -0.2) is 4.98 Å². The molecule has 1 aliphatic rings. The molecule has 2 heterocycles. The minimum Gasteiger partial charge on any atom is -0.507 e. The standard InChI is InChI=1S/C32H28ClN5O3/c33-27-13-3-1-11-23(27)31(40)37-30-26(19-35)25(17-28(36-30)24-12-2-4-14-29(24)39)20-8-7-9-21(16-20)32(41)38-15-6-5-10-22(38)18-34/h1-4,7-9,11-14,16-17,22,39H,5-6,10,15,18,34H2,(H,36,37,40). The second-order valence-corrected chi connectivity index (χ2v) is 10.2. The number of rotatable bonds is 6. The summed E-state index contributed by atoms with van der Waals surface area (Å²) in [6, 6.07) is 24.1. The van der Waals surface area contributed by atoms with Crippen molar-refractivity contribution in [3.63, 3.8) is 0 Å². The summed E-state index contributed by atoms with van der Waals surface area (Å²) in [5.41, 5.74) is 8.53. The molecular formula is C32H28ClN5O3. The fourth-order valence-corrected chi connectivity index (χ4v) is 5.34. The molecule has 1 atom stereocenters. The number of likely N-dealkylation sites (tertiary alicyclic amines) is 1. The van der Waals surface area contributed by atoms with Gasteiger partial charge in [0.05, 0.1) is 16.3 Å². The molecule has 1 fully saturated rings. The summed E-state index contributed by atoms with van der Waals surface area (Å²) in [7, 11) is 0. The first-order chi connectivity index (χ1) is 19.9. The van der Waals surface area contributed by atoms with Crippen LogP contribution in [0.4, 0.5) is 5.82 Å². The number of piperidine rings is 1. The first-order valence-corrected chi connectivity index (χ1v) is 13.7. The number of pyridine rings is 1. The number of carbonyl (C=O) groups is 2. The van der Waals surface area contributed by atoms with Crippen molar-refractivity contribution >= 4 is 29.2 Å². The van der Waals surface area contributed by atoms with Gasteiger partial charge in [0.1, 0.15) is 17.4 Å². The first kappa shape index (κ1) is 27.8. The van der Waals surface area contributed by atoms with Gasteiger partial charge in [0.2, 0.25) is 0 Å². The van der Waals surface area contributed by atoms with Crippen LogP contribution < -0.4 is 11.1 Å². The van der Waals surface area contributed by atoms with Crippen molar-refractivity contribution in [1.29, 1.82) is 5.26 Å². The number of aromatic nitrogens is 1. The van der Waals surface area contributed by atoms with E-state index in [4.69, 9.17) is 17.3 Å². The molecule has 1 unspecified atom stereocenters. The van der Waals surface area contributed by atoms with E-state index < -0.39 is 5.91 Å². The molecule has 0 aliphatic carbocycles. The van der Waals surface area contributed by atoms with Gasteiger partial charge >= 0.3 is 0 Å². The van der Waals surface area contributed by atoms with E-state index in [1.54, 1.807) is 72.8 Å². The third-order valence-corrected chi connectivity index (χ3v) is 7.57. The molecule has 0 bridgehead atoms. The number of hydrogen-bond acceptors (Lipinski definition) is 6. The number of phenolic OH excluding ortho intramolecular Hbond substituents is 1. The number of amides is 2. The van der Waals surface area contributed by atoms with Crippen LogP contribution in [-0.4, -0.2) is 45.9 Å². The molecule has 0 radical (unpaired) electrons. The van der Waals surface area contributed by atoms with Crippen LogP contribution in [0.15, 0.2) is 78.9 Å². The summed E-state index contributed by atoms with van der Waals surface area (Å²) in [6.07, 6.45) is 2.82. The highest BCUT2D eigenvalue weighted by Gasteiger charge is 2.27. The zero-order valence-corrected chi connectivity index (χ0v) is 22.9. The summed E-state index contributed by atoms with van der Waals surface area (Å²) in [5, 5.41) is 23.8. The predicted octanol–water partition coefficient (Wildman–Crippen LogP) is 5.85. The van der Waals surface area contributed by atoms with E-state index in [0.717, 1.165) is 19.3 Å². The van der Waals surface area contributed by atoms with Crippen LogP contribution in [0.3, 0.4) is 0 Å². The number of carbonyl (C=O) groups excluding carboxylic acids is 2. The van der Waals surface area contributed by atoms with Crippen LogP contribution in [0.2, 0.25) is 5.02 Å². The smallest absolute Gasteiger partial charge is 0.258 e. The van der Waals surface area contributed by atoms with E-state index >= 15 is 0 Å². The van der Waals surface area contributed by atoms with Crippen molar-refractivity contribution in [1.82, 2.24) is 9.88 Å². The fraction of sp³-hybridized carbons (Fsp3) is 0.188. The Balaban J connectivity index is 1.62. The van der Waals surface area contributed by atoms with Gasteiger partial charge in [-0.1, -0.05) is 48.0 Å². The number of aromatic hydroxyl groups is 1. The van der Waals surface area contributed by atoms with Crippen LogP contribution in [0.1, 0.15) is 45.5 Å². The summed E-state index contributed by atoms with van der Waals surface area (Å²) < 4.78 is 0. The van der Waals surface area contributed by atoms with Crippen molar-refractivity contribution in [3.05, 3.63) is 101 Å². The second-order valence-electron chi connectivity index (χ2n) is 9.81. The molecule has 0 saturated carbocycles. The summed E-state index contributed by atoms with van der Waals surface area (Å²) >= 11 is 6.24. The molecule has 0 spiro atoms. The van der Waals surface area contributed by atoms with Crippen LogP contribution in [0, 0.1) is 11.3 Å². The first-order valence-electron chi connectivity index (χ1n) is 13.3. The van der Waals surface area contributed by atoms with Gasteiger partial charge in [-0.2, -0.15) is 5.26 Å². The Kier molecular flexibility index (Phi) is 8.29.